The zero-order valence-corrected chi connectivity index (χ0v) is 15.3. The summed E-state index contributed by atoms with van der Waals surface area (Å²) in [6, 6.07) is 22.4. The molecule has 4 rings (SSSR count). The summed E-state index contributed by atoms with van der Waals surface area (Å²) >= 11 is 0. The van der Waals surface area contributed by atoms with E-state index in [0.29, 0.717) is 0 Å². The Morgan fingerprint density at radius 3 is 2.20 bits per heavy atom. The second kappa shape index (κ2) is 7.01. The van der Waals surface area contributed by atoms with E-state index in [-0.39, 0.29) is 0 Å². The van der Waals surface area contributed by atoms with E-state index < -0.39 is 0 Å². The average Bonchev–Trinajstić information content (AvgIpc) is 2.64. The van der Waals surface area contributed by atoms with E-state index in [1.807, 2.05) is 0 Å². The Hall–Kier alpha value is -2.12. The number of fused-ring (bicyclic) bond motifs is 1. The number of likely N-dealkylation sites (tertiary alicyclic amines) is 1. The number of hydrogen-bond donors (Lipinski definition) is 0. The molecule has 1 aliphatic heterocycles. The van der Waals surface area contributed by atoms with E-state index in [4.69, 9.17) is 0 Å². The molecule has 0 atom stereocenters. The molecule has 0 radical (unpaired) electrons. The lowest BCUT2D eigenvalue weighted by Crippen LogP contribution is -2.32. The van der Waals surface area contributed by atoms with Crippen molar-refractivity contribution in [3.8, 4) is 11.1 Å². The van der Waals surface area contributed by atoms with Crippen LogP contribution < -0.4 is 0 Å². The minimum atomic E-state index is 0.898. The maximum Gasteiger partial charge on any atom is 0.0233 e. The highest BCUT2D eigenvalue weighted by Crippen LogP contribution is 2.29. The fourth-order valence-corrected chi connectivity index (χ4v) is 3.93. The standard InChI is InChI=1S/C24H27N/c1-18-11-13-25(14-12-18)17-20-7-9-21(10-8-20)24-16-23-6-4-3-5-22(23)15-19(24)2/h3-10,15-16,18H,11-14,17H2,1-2H3. The van der Waals surface area contributed by atoms with Crippen LogP contribution >= 0.6 is 0 Å². The van der Waals surface area contributed by atoms with Gasteiger partial charge in [0.15, 0.2) is 0 Å². The van der Waals surface area contributed by atoms with Crippen LogP contribution in [0.4, 0.5) is 0 Å². The molecule has 3 aromatic rings. The normalized spacial score (nSPS) is 16.4. The van der Waals surface area contributed by atoms with Gasteiger partial charge in [0.2, 0.25) is 0 Å². The quantitative estimate of drug-likeness (QED) is 0.565. The molecule has 0 aliphatic carbocycles. The van der Waals surface area contributed by atoms with Gasteiger partial charge in [0.05, 0.1) is 0 Å². The van der Waals surface area contributed by atoms with Gasteiger partial charge < -0.3 is 0 Å². The molecule has 3 aromatic carbocycles. The van der Waals surface area contributed by atoms with E-state index in [2.05, 4.69) is 79.4 Å². The van der Waals surface area contributed by atoms with Crippen molar-refractivity contribution in [3.63, 3.8) is 0 Å². The molecule has 1 heteroatoms. The molecule has 25 heavy (non-hydrogen) atoms. The third kappa shape index (κ3) is 3.62. The second-order valence-corrected chi connectivity index (χ2v) is 7.67. The van der Waals surface area contributed by atoms with E-state index in [0.717, 1.165) is 12.5 Å². The Kier molecular flexibility index (Phi) is 4.59. The molecule has 1 fully saturated rings. The predicted molar refractivity (Wildman–Crippen MR) is 108 cm³/mol. The first-order valence-electron chi connectivity index (χ1n) is 9.50. The van der Waals surface area contributed by atoms with Gasteiger partial charge in [-0.3, -0.25) is 4.90 Å². The average molecular weight is 329 g/mol. The Morgan fingerprint density at radius 2 is 1.52 bits per heavy atom. The van der Waals surface area contributed by atoms with Crippen LogP contribution in [-0.4, -0.2) is 18.0 Å². The fraction of sp³-hybridized carbons (Fsp3) is 0.333. The smallest absolute Gasteiger partial charge is 0.0233 e. The highest BCUT2D eigenvalue weighted by Gasteiger charge is 2.15. The van der Waals surface area contributed by atoms with Crippen LogP contribution in [-0.2, 0) is 6.54 Å². The largest absolute Gasteiger partial charge is 0.299 e. The van der Waals surface area contributed by atoms with Gasteiger partial charge in [-0.05, 0) is 77.9 Å². The number of aryl methyl sites for hydroxylation is 1. The van der Waals surface area contributed by atoms with Gasteiger partial charge in [0, 0.05) is 6.54 Å². The van der Waals surface area contributed by atoms with Gasteiger partial charge in [-0.2, -0.15) is 0 Å². The van der Waals surface area contributed by atoms with Gasteiger partial charge in [-0.25, -0.2) is 0 Å². The van der Waals surface area contributed by atoms with Gasteiger partial charge in [0.25, 0.3) is 0 Å². The van der Waals surface area contributed by atoms with Crippen LogP contribution in [0.1, 0.15) is 30.9 Å². The van der Waals surface area contributed by atoms with Crippen LogP contribution in [0, 0.1) is 12.8 Å². The lowest BCUT2D eigenvalue weighted by atomic mass is 9.95. The summed E-state index contributed by atoms with van der Waals surface area (Å²) in [5.74, 6) is 0.898. The zero-order valence-electron chi connectivity index (χ0n) is 15.3. The summed E-state index contributed by atoms with van der Waals surface area (Å²) in [5, 5.41) is 2.63. The minimum Gasteiger partial charge on any atom is -0.299 e. The topological polar surface area (TPSA) is 3.24 Å². The SMILES string of the molecule is Cc1cc2ccccc2cc1-c1ccc(CN2CCC(C)CC2)cc1. The monoisotopic (exact) mass is 329 g/mol. The first kappa shape index (κ1) is 16.4. The van der Waals surface area contributed by atoms with Crippen molar-refractivity contribution in [3.05, 3.63) is 71.8 Å². The molecule has 1 aliphatic rings. The second-order valence-electron chi connectivity index (χ2n) is 7.67. The highest BCUT2D eigenvalue weighted by molar-refractivity contribution is 5.89. The lowest BCUT2D eigenvalue weighted by Gasteiger charge is -2.30. The van der Waals surface area contributed by atoms with Gasteiger partial charge in [-0.15, -0.1) is 0 Å². The molecule has 0 bridgehead atoms. The summed E-state index contributed by atoms with van der Waals surface area (Å²) in [4.78, 5) is 2.59. The molecule has 0 amide bonds. The predicted octanol–water partition coefficient (Wildman–Crippen LogP) is 6.05. The summed E-state index contributed by atoms with van der Waals surface area (Å²) in [6.07, 6.45) is 2.68. The summed E-state index contributed by atoms with van der Waals surface area (Å²) in [6.45, 7) is 8.16. The van der Waals surface area contributed by atoms with Crippen molar-refractivity contribution in [1.82, 2.24) is 4.90 Å². The maximum atomic E-state index is 2.59. The number of benzene rings is 3. The first-order chi connectivity index (χ1) is 12.2. The van der Waals surface area contributed by atoms with Crippen LogP contribution in [0.5, 0.6) is 0 Å². The van der Waals surface area contributed by atoms with E-state index >= 15 is 0 Å². The van der Waals surface area contributed by atoms with E-state index in [9.17, 15) is 0 Å². The first-order valence-corrected chi connectivity index (χ1v) is 9.50. The van der Waals surface area contributed by atoms with E-state index in [1.165, 1.54) is 59.0 Å². The maximum absolute atomic E-state index is 2.59. The third-order valence-electron chi connectivity index (χ3n) is 5.64. The molecule has 1 saturated heterocycles. The molecule has 0 unspecified atom stereocenters. The molecule has 1 heterocycles. The molecule has 0 saturated carbocycles. The molecule has 0 spiro atoms. The van der Waals surface area contributed by atoms with Crippen LogP contribution in [0.25, 0.3) is 21.9 Å². The van der Waals surface area contributed by atoms with Crippen molar-refractivity contribution in [2.75, 3.05) is 13.1 Å². The number of piperidine rings is 1. The number of hydrogen-bond acceptors (Lipinski definition) is 1. The van der Waals surface area contributed by atoms with Gasteiger partial charge in [0.1, 0.15) is 0 Å². The van der Waals surface area contributed by atoms with E-state index in [1.54, 1.807) is 0 Å². The Balaban J connectivity index is 1.55. The zero-order chi connectivity index (χ0) is 17.2. The van der Waals surface area contributed by atoms with Crippen LogP contribution in [0.2, 0.25) is 0 Å². The van der Waals surface area contributed by atoms with Crippen molar-refractivity contribution in [1.29, 1.82) is 0 Å². The van der Waals surface area contributed by atoms with Crippen molar-refractivity contribution >= 4 is 10.8 Å². The number of nitrogens with zero attached hydrogens (tertiary/aromatic N) is 1. The fourth-order valence-electron chi connectivity index (χ4n) is 3.93. The summed E-state index contributed by atoms with van der Waals surface area (Å²) in [5.41, 5.74) is 5.43. The number of rotatable bonds is 3. The molecular weight excluding hydrogens is 302 g/mol. The van der Waals surface area contributed by atoms with Gasteiger partial charge >= 0.3 is 0 Å². The van der Waals surface area contributed by atoms with Crippen molar-refractivity contribution < 1.29 is 0 Å². The lowest BCUT2D eigenvalue weighted by molar-refractivity contribution is 0.185. The third-order valence-corrected chi connectivity index (χ3v) is 5.64. The van der Waals surface area contributed by atoms with Crippen molar-refractivity contribution in [2.45, 2.75) is 33.2 Å². The Bertz CT molecular complexity index is 855. The molecule has 128 valence electrons. The Labute approximate surface area is 151 Å². The summed E-state index contributed by atoms with van der Waals surface area (Å²) < 4.78 is 0. The van der Waals surface area contributed by atoms with Crippen LogP contribution in [0.3, 0.4) is 0 Å². The van der Waals surface area contributed by atoms with Crippen LogP contribution in [0.15, 0.2) is 60.7 Å². The molecule has 1 nitrogen and oxygen atoms in total. The molecule has 0 N–H and O–H groups in total. The Morgan fingerprint density at radius 1 is 0.880 bits per heavy atom. The molecule has 0 aromatic heterocycles. The highest BCUT2D eigenvalue weighted by atomic mass is 15.1. The van der Waals surface area contributed by atoms with Gasteiger partial charge in [-0.1, -0.05) is 61.5 Å². The summed E-state index contributed by atoms with van der Waals surface area (Å²) in [7, 11) is 0. The van der Waals surface area contributed by atoms with Crippen molar-refractivity contribution in [2.24, 2.45) is 5.92 Å². The molecular formula is C24H27N. The minimum absolute atomic E-state index is 0.898.